The van der Waals surface area contributed by atoms with Crippen LogP contribution in [0.1, 0.15) is 27.0 Å². The summed E-state index contributed by atoms with van der Waals surface area (Å²) in [6, 6.07) is 0. The molecule has 0 aliphatic rings. The van der Waals surface area contributed by atoms with Crippen molar-refractivity contribution < 1.29 is 4.79 Å². The molecule has 128 valence electrons. The molecule has 0 saturated carbocycles. The van der Waals surface area contributed by atoms with Gasteiger partial charge >= 0.3 is 0 Å². The lowest BCUT2D eigenvalue weighted by Gasteiger charge is -2.20. The molecule has 0 unspecified atom stereocenters. The van der Waals surface area contributed by atoms with Gasteiger partial charge in [0.1, 0.15) is 0 Å². The number of anilines is 8. The molecule has 2 aromatic carbocycles. The Balaban J connectivity index is 2.87. The molecule has 0 aliphatic carbocycles. The predicted molar refractivity (Wildman–Crippen MR) is 101 cm³/mol. The number of hydrogen-bond acceptors (Lipinski definition) is 9. The lowest BCUT2D eigenvalue weighted by molar-refractivity contribution is 0.104. The van der Waals surface area contributed by atoms with Crippen LogP contribution < -0.4 is 45.9 Å². The number of benzene rings is 2. The number of nitrogens with two attached hydrogens (primary N) is 8. The van der Waals surface area contributed by atoms with Gasteiger partial charge in [-0.15, -0.1) is 0 Å². The standard InChI is InChI=1S/C15H22N8O/c1-3-5(10(19)14(23)13(22)8(3)17)15(24)6-7(16)4(2)9(18)12(21)11(6)20/h16-23H2,1-2H3. The molecule has 0 amide bonds. The topological polar surface area (TPSA) is 225 Å². The number of nitrogen functional groups attached to an aromatic ring is 8. The van der Waals surface area contributed by atoms with Crippen LogP contribution in [0.15, 0.2) is 0 Å². The lowest BCUT2D eigenvalue weighted by atomic mass is 9.90. The molecule has 24 heavy (non-hydrogen) atoms. The van der Waals surface area contributed by atoms with Gasteiger partial charge in [-0.1, -0.05) is 0 Å². The fourth-order valence-electron chi connectivity index (χ4n) is 2.59. The Bertz CT molecular complexity index is 759. The summed E-state index contributed by atoms with van der Waals surface area (Å²) in [4.78, 5) is 13.1. The predicted octanol–water partition coefficient (Wildman–Crippen LogP) is 0.192. The fraction of sp³-hybridized carbons (Fsp3) is 0.133. The van der Waals surface area contributed by atoms with Gasteiger partial charge in [-0.25, -0.2) is 0 Å². The Morgan fingerprint density at radius 2 is 0.875 bits per heavy atom. The Hall–Kier alpha value is -3.49. The Kier molecular flexibility index (Phi) is 3.73. The molecule has 0 radical (unpaired) electrons. The van der Waals surface area contributed by atoms with Crippen LogP contribution in [-0.2, 0) is 0 Å². The second-order valence-corrected chi connectivity index (χ2v) is 5.64. The van der Waals surface area contributed by atoms with Crippen molar-refractivity contribution in [3.05, 3.63) is 22.3 Å². The highest BCUT2D eigenvalue weighted by Gasteiger charge is 2.27. The molecular formula is C15H22N8O. The van der Waals surface area contributed by atoms with E-state index < -0.39 is 5.78 Å². The number of carbonyl (C=O) groups excluding carboxylic acids is 1. The third-order valence-corrected chi connectivity index (χ3v) is 4.30. The summed E-state index contributed by atoms with van der Waals surface area (Å²) >= 11 is 0. The van der Waals surface area contributed by atoms with Crippen LogP contribution >= 0.6 is 0 Å². The van der Waals surface area contributed by atoms with Crippen molar-refractivity contribution in [2.75, 3.05) is 45.9 Å². The molecule has 0 atom stereocenters. The van der Waals surface area contributed by atoms with Crippen LogP contribution in [0.25, 0.3) is 0 Å². The van der Waals surface area contributed by atoms with E-state index in [-0.39, 0.29) is 56.6 Å². The molecule has 2 aromatic rings. The summed E-state index contributed by atoms with van der Waals surface area (Å²) in [6.45, 7) is 3.24. The largest absolute Gasteiger partial charge is 0.398 e. The smallest absolute Gasteiger partial charge is 0.199 e. The van der Waals surface area contributed by atoms with Gasteiger partial charge < -0.3 is 45.9 Å². The second-order valence-electron chi connectivity index (χ2n) is 5.64. The van der Waals surface area contributed by atoms with Gasteiger partial charge in [-0.3, -0.25) is 4.79 Å². The van der Waals surface area contributed by atoms with Crippen molar-refractivity contribution in [3.63, 3.8) is 0 Å². The van der Waals surface area contributed by atoms with Crippen molar-refractivity contribution in [2.24, 2.45) is 0 Å². The van der Waals surface area contributed by atoms with E-state index in [1.807, 2.05) is 0 Å². The molecule has 0 aromatic heterocycles. The van der Waals surface area contributed by atoms with Gasteiger partial charge in [-0.05, 0) is 25.0 Å². The van der Waals surface area contributed by atoms with Crippen LogP contribution in [0.3, 0.4) is 0 Å². The van der Waals surface area contributed by atoms with E-state index in [9.17, 15) is 4.79 Å². The molecule has 16 N–H and O–H groups in total. The number of hydrogen-bond donors (Lipinski definition) is 8. The first-order chi connectivity index (χ1) is 11.0. The first kappa shape index (κ1) is 16.9. The normalized spacial score (nSPS) is 10.8. The van der Waals surface area contributed by atoms with Gasteiger partial charge in [0.15, 0.2) is 5.78 Å². The minimum absolute atomic E-state index is 0.0102. The summed E-state index contributed by atoms with van der Waals surface area (Å²) in [5, 5.41) is 0. The Labute approximate surface area is 138 Å². The zero-order valence-electron chi connectivity index (χ0n) is 13.5. The number of ketones is 1. The maximum absolute atomic E-state index is 13.1. The van der Waals surface area contributed by atoms with Crippen LogP contribution in [0.5, 0.6) is 0 Å². The Morgan fingerprint density at radius 1 is 0.500 bits per heavy atom. The molecular weight excluding hydrogens is 308 g/mol. The van der Waals surface area contributed by atoms with Gasteiger partial charge in [-0.2, -0.15) is 0 Å². The van der Waals surface area contributed by atoms with Crippen LogP contribution in [0, 0.1) is 13.8 Å². The van der Waals surface area contributed by atoms with E-state index in [1.165, 1.54) is 0 Å². The monoisotopic (exact) mass is 330 g/mol. The molecule has 0 saturated heterocycles. The Morgan fingerprint density at radius 3 is 1.42 bits per heavy atom. The summed E-state index contributed by atoms with van der Waals surface area (Å²) in [7, 11) is 0. The quantitative estimate of drug-likeness (QED) is 0.277. The van der Waals surface area contributed by atoms with Gasteiger partial charge in [0, 0.05) is 0 Å². The molecule has 0 fully saturated rings. The lowest BCUT2D eigenvalue weighted by Crippen LogP contribution is -2.18. The summed E-state index contributed by atoms with van der Waals surface area (Å²) in [5.74, 6) is -0.548. The van der Waals surface area contributed by atoms with E-state index in [0.29, 0.717) is 11.1 Å². The first-order valence-corrected chi connectivity index (χ1v) is 7.01. The highest BCUT2D eigenvalue weighted by molar-refractivity contribution is 6.23. The van der Waals surface area contributed by atoms with E-state index >= 15 is 0 Å². The third-order valence-electron chi connectivity index (χ3n) is 4.30. The minimum Gasteiger partial charge on any atom is -0.398 e. The van der Waals surface area contributed by atoms with Crippen LogP contribution in [-0.4, -0.2) is 5.78 Å². The molecule has 0 bridgehead atoms. The van der Waals surface area contributed by atoms with Gasteiger partial charge in [0.25, 0.3) is 0 Å². The van der Waals surface area contributed by atoms with Gasteiger partial charge in [0.05, 0.1) is 56.6 Å². The fourth-order valence-corrected chi connectivity index (χ4v) is 2.59. The average molecular weight is 330 g/mol. The molecule has 2 rings (SSSR count). The van der Waals surface area contributed by atoms with Crippen molar-refractivity contribution in [1.82, 2.24) is 0 Å². The summed E-state index contributed by atoms with van der Waals surface area (Å²) in [5.41, 5.74) is 48.9. The molecule has 0 aliphatic heterocycles. The van der Waals surface area contributed by atoms with Crippen molar-refractivity contribution in [1.29, 1.82) is 0 Å². The van der Waals surface area contributed by atoms with E-state index in [4.69, 9.17) is 45.9 Å². The molecule has 9 nitrogen and oxygen atoms in total. The van der Waals surface area contributed by atoms with Crippen molar-refractivity contribution in [2.45, 2.75) is 13.8 Å². The van der Waals surface area contributed by atoms with Crippen LogP contribution in [0.4, 0.5) is 45.5 Å². The van der Waals surface area contributed by atoms with E-state index in [0.717, 1.165) is 0 Å². The minimum atomic E-state index is -0.548. The second kappa shape index (κ2) is 5.30. The maximum Gasteiger partial charge on any atom is 0.199 e. The summed E-state index contributed by atoms with van der Waals surface area (Å²) < 4.78 is 0. The molecule has 0 spiro atoms. The molecule has 0 heterocycles. The van der Waals surface area contributed by atoms with Gasteiger partial charge in [0.2, 0.25) is 0 Å². The van der Waals surface area contributed by atoms with Crippen LogP contribution in [0.2, 0.25) is 0 Å². The third kappa shape index (κ3) is 2.06. The first-order valence-electron chi connectivity index (χ1n) is 7.01. The molecule has 9 heteroatoms. The zero-order valence-corrected chi connectivity index (χ0v) is 13.5. The van der Waals surface area contributed by atoms with E-state index in [1.54, 1.807) is 13.8 Å². The van der Waals surface area contributed by atoms with Crippen molar-refractivity contribution >= 4 is 51.3 Å². The highest BCUT2D eigenvalue weighted by atomic mass is 16.1. The van der Waals surface area contributed by atoms with Crippen molar-refractivity contribution in [3.8, 4) is 0 Å². The van der Waals surface area contributed by atoms with E-state index in [2.05, 4.69) is 0 Å². The number of rotatable bonds is 2. The SMILES string of the molecule is Cc1c(N)c(N)c(N)c(C(=O)c2c(C)c(N)c(N)c(N)c2N)c1N. The summed E-state index contributed by atoms with van der Waals surface area (Å²) in [6.07, 6.45) is 0. The average Bonchev–Trinajstić information content (AvgIpc) is 2.55. The highest BCUT2D eigenvalue weighted by Crippen LogP contribution is 2.41. The number of carbonyl (C=O) groups is 1. The maximum atomic E-state index is 13.1. The zero-order chi connectivity index (χ0) is 18.5.